The second-order valence-corrected chi connectivity index (χ2v) is 7.17. The first-order valence-electron chi connectivity index (χ1n) is 8.76. The maximum Gasteiger partial charge on any atom is 0.241 e. The number of hydrogen-bond acceptors (Lipinski definition) is 2. The van der Waals surface area contributed by atoms with Crippen LogP contribution >= 0.6 is 0 Å². The van der Waals surface area contributed by atoms with E-state index in [1.54, 1.807) is 0 Å². The van der Waals surface area contributed by atoms with Crippen LogP contribution in [0.4, 0.5) is 0 Å². The molecule has 1 amide bonds. The molecule has 3 heteroatoms. The molecule has 3 rings (SSSR count). The average molecular weight is 300 g/mol. The largest absolute Gasteiger partial charge is 0.352 e. The monoisotopic (exact) mass is 300 g/mol. The van der Waals surface area contributed by atoms with Gasteiger partial charge in [0.1, 0.15) is 6.04 Å². The van der Waals surface area contributed by atoms with Crippen molar-refractivity contribution in [3.05, 3.63) is 35.9 Å². The molecule has 0 aromatic heterocycles. The van der Waals surface area contributed by atoms with E-state index in [0.29, 0.717) is 18.0 Å². The number of hydrogen-bond donors (Lipinski definition) is 2. The van der Waals surface area contributed by atoms with Crippen molar-refractivity contribution >= 4 is 5.91 Å². The van der Waals surface area contributed by atoms with Crippen molar-refractivity contribution in [1.82, 2.24) is 10.6 Å². The van der Waals surface area contributed by atoms with Gasteiger partial charge in [0.05, 0.1) is 0 Å². The van der Waals surface area contributed by atoms with E-state index in [0.717, 1.165) is 24.3 Å². The van der Waals surface area contributed by atoms with Crippen LogP contribution in [0, 0.1) is 11.8 Å². The minimum absolute atomic E-state index is 0.138. The van der Waals surface area contributed by atoms with E-state index in [9.17, 15) is 4.79 Å². The fourth-order valence-electron chi connectivity index (χ4n) is 3.51. The summed E-state index contributed by atoms with van der Waals surface area (Å²) >= 11 is 0. The van der Waals surface area contributed by atoms with Gasteiger partial charge in [0.2, 0.25) is 5.91 Å². The molecule has 1 aromatic carbocycles. The Hall–Kier alpha value is -1.35. The molecule has 4 atom stereocenters. The van der Waals surface area contributed by atoms with Crippen molar-refractivity contribution in [2.75, 3.05) is 0 Å². The van der Waals surface area contributed by atoms with Gasteiger partial charge in [-0.2, -0.15) is 0 Å². The van der Waals surface area contributed by atoms with Gasteiger partial charge in [-0.3, -0.25) is 10.1 Å². The number of carbonyl (C=O) groups excluding carboxylic acids is 1. The second kappa shape index (κ2) is 6.82. The highest BCUT2D eigenvalue weighted by Crippen LogP contribution is 2.31. The Morgan fingerprint density at radius 1 is 1.09 bits per heavy atom. The molecule has 0 radical (unpaired) electrons. The summed E-state index contributed by atoms with van der Waals surface area (Å²) in [6.07, 6.45) is 6.00. The molecule has 0 bridgehead atoms. The third kappa shape index (κ3) is 3.70. The number of carbonyl (C=O) groups is 1. The summed E-state index contributed by atoms with van der Waals surface area (Å²) in [5.74, 6) is 1.49. The minimum Gasteiger partial charge on any atom is -0.352 e. The van der Waals surface area contributed by atoms with Crippen LogP contribution in [0.3, 0.4) is 0 Å². The van der Waals surface area contributed by atoms with Crippen molar-refractivity contribution in [2.45, 2.75) is 64.1 Å². The molecule has 1 aromatic rings. The van der Waals surface area contributed by atoms with Crippen LogP contribution in [0.25, 0.3) is 0 Å². The lowest BCUT2D eigenvalue weighted by Gasteiger charge is -2.37. The highest BCUT2D eigenvalue weighted by molar-refractivity contribution is 5.83. The second-order valence-electron chi connectivity index (χ2n) is 7.17. The van der Waals surface area contributed by atoms with Crippen molar-refractivity contribution in [2.24, 2.45) is 11.8 Å². The Bertz CT molecular complexity index is 497. The number of amides is 1. The van der Waals surface area contributed by atoms with Gasteiger partial charge in [-0.25, -0.2) is 0 Å². The molecule has 0 heterocycles. The Kier molecular flexibility index (Phi) is 4.82. The van der Waals surface area contributed by atoms with Gasteiger partial charge in [0.25, 0.3) is 0 Å². The Morgan fingerprint density at radius 3 is 2.50 bits per heavy atom. The summed E-state index contributed by atoms with van der Waals surface area (Å²) in [5, 5.41) is 6.84. The zero-order valence-corrected chi connectivity index (χ0v) is 13.7. The molecule has 3 nitrogen and oxygen atoms in total. The van der Waals surface area contributed by atoms with Gasteiger partial charge in [-0.05, 0) is 36.7 Å². The molecular weight excluding hydrogens is 272 g/mol. The zero-order valence-electron chi connectivity index (χ0n) is 13.7. The topological polar surface area (TPSA) is 41.1 Å². The van der Waals surface area contributed by atoms with Crippen molar-refractivity contribution in [1.29, 1.82) is 0 Å². The predicted octanol–water partition coefficient (Wildman–Crippen LogP) is 3.42. The predicted molar refractivity (Wildman–Crippen MR) is 89.5 cm³/mol. The zero-order chi connectivity index (χ0) is 15.5. The molecule has 2 aliphatic carbocycles. The van der Waals surface area contributed by atoms with Crippen molar-refractivity contribution in [3.8, 4) is 0 Å². The molecule has 0 saturated heterocycles. The molecule has 0 aliphatic heterocycles. The van der Waals surface area contributed by atoms with E-state index >= 15 is 0 Å². The van der Waals surface area contributed by atoms with Crippen LogP contribution in [0.15, 0.2) is 30.3 Å². The van der Waals surface area contributed by atoms with Crippen molar-refractivity contribution in [3.63, 3.8) is 0 Å². The molecule has 2 fully saturated rings. The summed E-state index contributed by atoms with van der Waals surface area (Å²) in [4.78, 5) is 12.7. The molecular formula is C19H28N2O. The third-order valence-corrected chi connectivity index (χ3v) is 5.41. The summed E-state index contributed by atoms with van der Waals surface area (Å²) in [6, 6.07) is 10.8. The van der Waals surface area contributed by atoms with Gasteiger partial charge in [0, 0.05) is 12.1 Å². The van der Waals surface area contributed by atoms with Crippen LogP contribution in [-0.2, 0) is 4.79 Å². The van der Waals surface area contributed by atoms with Crippen LogP contribution in [-0.4, -0.2) is 18.0 Å². The van der Waals surface area contributed by atoms with E-state index in [4.69, 9.17) is 0 Å². The normalized spacial score (nSPS) is 29.8. The molecule has 0 spiro atoms. The summed E-state index contributed by atoms with van der Waals surface area (Å²) < 4.78 is 0. The highest BCUT2D eigenvalue weighted by Gasteiger charge is 2.33. The summed E-state index contributed by atoms with van der Waals surface area (Å²) in [5.41, 5.74) is 1.08. The molecule has 120 valence electrons. The SMILES string of the molecule is C[C@H]1[C@@H](N[C@H](C(=O)NC2CC2)c2ccccc2)CCC[C@@H]1C. The Morgan fingerprint density at radius 2 is 1.82 bits per heavy atom. The van der Waals surface area contributed by atoms with E-state index < -0.39 is 0 Å². The first-order valence-corrected chi connectivity index (χ1v) is 8.76. The highest BCUT2D eigenvalue weighted by atomic mass is 16.2. The van der Waals surface area contributed by atoms with Crippen LogP contribution < -0.4 is 10.6 Å². The molecule has 2 N–H and O–H groups in total. The fourth-order valence-corrected chi connectivity index (χ4v) is 3.51. The van der Waals surface area contributed by atoms with E-state index in [-0.39, 0.29) is 11.9 Å². The lowest BCUT2D eigenvalue weighted by Crippen LogP contribution is -2.47. The molecule has 22 heavy (non-hydrogen) atoms. The summed E-state index contributed by atoms with van der Waals surface area (Å²) in [7, 11) is 0. The minimum atomic E-state index is -0.223. The first kappa shape index (κ1) is 15.5. The van der Waals surface area contributed by atoms with Gasteiger partial charge in [0.15, 0.2) is 0 Å². The van der Waals surface area contributed by atoms with Crippen molar-refractivity contribution < 1.29 is 4.79 Å². The van der Waals surface area contributed by atoms with E-state index in [1.807, 2.05) is 18.2 Å². The van der Waals surface area contributed by atoms with Gasteiger partial charge in [-0.15, -0.1) is 0 Å². The van der Waals surface area contributed by atoms with Crippen LogP contribution in [0.2, 0.25) is 0 Å². The van der Waals surface area contributed by atoms with Gasteiger partial charge < -0.3 is 5.32 Å². The Labute approximate surface area is 133 Å². The maximum absolute atomic E-state index is 12.7. The number of nitrogens with one attached hydrogen (secondary N) is 2. The van der Waals surface area contributed by atoms with E-state index in [1.165, 1.54) is 19.3 Å². The van der Waals surface area contributed by atoms with Gasteiger partial charge >= 0.3 is 0 Å². The number of benzene rings is 1. The van der Waals surface area contributed by atoms with E-state index in [2.05, 4.69) is 36.6 Å². The summed E-state index contributed by atoms with van der Waals surface area (Å²) in [6.45, 7) is 4.66. The molecule has 2 saturated carbocycles. The first-order chi connectivity index (χ1) is 10.6. The number of rotatable bonds is 5. The fraction of sp³-hybridized carbons (Fsp3) is 0.632. The molecule has 2 aliphatic rings. The third-order valence-electron chi connectivity index (χ3n) is 5.41. The molecule has 0 unspecified atom stereocenters. The average Bonchev–Trinajstić information content (AvgIpc) is 3.33. The quantitative estimate of drug-likeness (QED) is 0.875. The van der Waals surface area contributed by atoms with Crippen LogP contribution in [0.1, 0.15) is 57.6 Å². The lowest BCUT2D eigenvalue weighted by molar-refractivity contribution is -0.123. The van der Waals surface area contributed by atoms with Gasteiger partial charge in [-0.1, -0.05) is 57.0 Å². The Balaban J connectivity index is 1.74. The van der Waals surface area contributed by atoms with Crippen LogP contribution in [0.5, 0.6) is 0 Å². The standard InChI is InChI=1S/C19H28N2O/c1-13-7-6-10-17(14(13)2)21-18(15-8-4-3-5-9-15)19(22)20-16-11-12-16/h3-5,8-9,13-14,16-18,21H,6-7,10-12H2,1-2H3,(H,20,22)/t13-,14+,17-,18-/m0/s1. The maximum atomic E-state index is 12.7. The smallest absolute Gasteiger partial charge is 0.241 e. The lowest BCUT2D eigenvalue weighted by atomic mass is 9.77.